The summed E-state index contributed by atoms with van der Waals surface area (Å²) < 4.78 is 11.6. The van der Waals surface area contributed by atoms with Gasteiger partial charge in [0.2, 0.25) is 0 Å². The van der Waals surface area contributed by atoms with Crippen molar-refractivity contribution in [3.63, 3.8) is 0 Å². The Kier molecular flexibility index (Phi) is 4.17. The fourth-order valence-corrected chi connectivity index (χ4v) is 3.15. The second-order valence-electron chi connectivity index (χ2n) is 4.96. The van der Waals surface area contributed by atoms with Crippen LogP contribution >= 0.6 is 7.14 Å². The predicted molar refractivity (Wildman–Crippen MR) is 62.6 cm³/mol. The second-order valence-corrected chi connectivity index (χ2v) is 8.39. The molecule has 0 amide bonds. The lowest BCUT2D eigenvalue weighted by Crippen LogP contribution is -2.48. The van der Waals surface area contributed by atoms with E-state index in [1.165, 1.54) is 0 Å². The summed E-state index contributed by atoms with van der Waals surface area (Å²) in [6.07, 6.45) is 0.791. The monoisotopic (exact) mass is 218 g/mol. The van der Waals surface area contributed by atoms with E-state index in [0.717, 1.165) is 32.5 Å². The van der Waals surface area contributed by atoms with Gasteiger partial charge in [-0.25, -0.2) is 0 Å². The standard InChI is InChI=1S/C10H23N2OP/c1-10(2)12-7-5-11(6-8-12)9-14(3,4)13/h10H,5-9H2,1-4H3. The van der Waals surface area contributed by atoms with Gasteiger partial charge in [-0.15, -0.1) is 0 Å². The van der Waals surface area contributed by atoms with E-state index in [4.69, 9.17) is 0 Å². The van der Waals surface area contributed by atoms with Crippen LogP contribution in [0.5, 0.6) is 0 Å². The first kappa shape index (κ1) is 12.2. The normalized spacial score (nSPS) is 21.8. The number of hydrogen-bond acceptors (Lipinski definition) is 3. The third kappa shape index (κ3) is 4.12. The van der Waals surface area contributed by atoms with Crippen LogP contribution in [0.3, 0.4) is 0 Å². The summed E-state index contributed by atoms with van der Waals surface area (Å²) in [5.74, 6) is 0. The Morgan fingerprint density at radius 3 is 2.00 bits per heavy atom. The van der Waals surface area contributed by atoms with E-state index in [2.05, 4.69) is 23.6 Å². The topological polar surface area (TPSA) is 23.6 Å². The summed E-state index contributed by atoms with van der Waals surface area (Å²) in [5, 5.41) is 0. The molecule has 3 nitrogen and oxygen atoms in total. The van der Waals surface area contributed by atoms with Crippen LogP contribution < -0.4 is 0 Å². The average molecular weight is 218 g/mol. The van der Waals surface area contributed by atoms with Gasteiger partial charge in [0.1, 0.15) is 0 Å². The van der Waals surface area contributed by atoms with Crippen molar-refractivity contribution in [3.8, 4) is 0 Å². The van der Waals surface area contributed by atoms with Crippen LogP contribution in [-0.4, -0.2) is 61.6 Å². The molecule has 14 heavy (non-hydrogen) atoms. The molecule has 1 heterocycles. The third-order valence-corrected chi connectivity index (χ3v) is 3.76. The minimum absolute atomic E-state index is 0.646. The van der Waals surface area contributed by atoms with Gasteiger partial charge in [-0.2, -0.15) is 0 Å². The molecular formula is C10H23N2OP. The van der Waals surface area contributed by atoms with Crippen molar-refractivity contribution >= 4 is 7.14 Å². The highest BCUT2D eigenvalue weighted by Crippen LogP contribution is 2.36. The fourth-order valence-electron chi connectivity index (χ4n) is 1.90. The van der Waals surface area contributed by atoms with E-state index in [0.29, 0.717) is 6.04 Å². The van der Waals surface area contributed by atoms with E-state index in [1.54, 1.807) is 0 Å². The molecule has 0 bridgehead atoms. The molecule has 0 spiro atoms. The molecule has 84 valence electrons. The number of piperazine rings is 1. The molecule has 0 atom stereocenters. The Morgan fingerprint density at radius 1 is 1.14 bits per heavy atom. The fraction of sp³-hybridized carbons (Fsp3) is 1.00. The molecule has 0 aromatic heterocycles. The maximum atomic E-state index is 11.6. The molecule has 1 aliphatic heterocycles. The van der Waals surface area contributed by atoms with Crippen molar-refractivity contribution in [2.75, 3.05) is 45.8 Å². The van der Waals surface area contributed by atoms with E-state index in [9.17, 15) is 4.57 Å². The van der Waals surface area contributed by atoms with Crippen LogP contribution in [0.1, 0.15) is 13.8 Å². The van der Waals surface area contributed by atoms with Gasteiger partial charge in [0.25, 0.3) is 0 Å². The number of hydrogen-bond donors (Lipinski definition) is 0. The summed E-state index contributed by atoms with van der Waals surface area (Å²) in [6.45, 7) is 12.6. The van der Waals surface area contributed by atoms with Gasteiger partial charge in [-0.3, -0.25) is 9.80 Å². The smallest absolute Gasteiger partial charge is 0.0951 e. The molecule has 0 N–H and O–H groups in total. The Balaban J connectivity index is 2.33. The van der Waals surface area contributed by atoms with Crippen LogP contribution in [0.25, 0.3) is 0 Å². The lowest BCUT2D eigenvalue weighted by Gasteiger charge is -2.37. The van der Waals surface area contributed by atoms with Gasteiger partial charge in [0.05, 0.1) is 13.4 Å². The van der Waals surface area contributed by atoms with E-state index >= 15 is 0 Å². The average Bonchev–Trinajstić information content (AvgIpc) is 2.02. The van der Waals surface area contributed by atoms with Crippen LogP contribution in [0.15, 0.2) is 0 Å². The SMILES string of the molecule is CC(C)N1CCN(CP(C)(C)=O)CC1. The second kappa shape index (κ2) is 4.78. The first-order valence-electron chi connectivity index (χ1n) is 5.39. The lowest BCUT2D eigenvalue weighted by atomic mass is 10.2. The van der Waals surface area contributed by atoms with Crippen molar-refractivity contribution in [1.29, 1.82) is 0 Å². The highest BCUT2D eigenvalue weighted by molar-refractivity contribution is 7.62. The zero-order valence-corrected chi connectivity index (χ0v) is 10.8. The van der Waals surface area contributed by atoms with Crippen molar-refractivity contribution in [3.05, 3.63) is 0 Å². The minimum Gasteiger partial charge on any atom is -0.323 e. The summed E-state index contributed by atoms with van der Waals surface area (Å²) in [7, 11) is -1.87. The zero-order valence-electron chi connectivity index (χ0n) is 9.86. The van der Waals surface area contributed by atoms with Gasteiger partial charge in [-0.05, 0) is 27.2 Å². The summed E-state index contributed by atoms with van der Waals surface area (Å²) in [5.41, 5.74) is 0. The summed E-state index contributed by atoms with van der Waals surface area (Å²) in [4.78, 5) is 4.81. The van der Waals surface area contributed by atoms with Crippen molar-refractivity contribution in [1.82, 2.24) is 9.80 Å². The van der Waals surface area contributed by atoms with Crippen LogP contribution in [0.4, 0.5) is 0 Å². The van der Waals surface area contributed by atoms with Crippen LogP contribution in [0, 0.1) is 0 Å². The van der Waals surface area contributed by atoms with Gasteiger partial charge in [-0.1, -0.05) is 0 Å². The first-order valence-corrected chi connectivity index (χ1v) is 8.17. The van der Waals surface area contributed by atoms with Crippen molar-refractivity contribution in [2.45, 2.75) is 19.9 Å². The molecule has 1 saturated heterocycles. The molecule has 0 unspecified atom stereocenters. The molecule has 1 aliphatic rings. The van der Waals surface area contributed by atoms with Gasteiger partial charge in [0.15, 0.2) is 0 Å². The first-order chi connectivity index (χ1) is 6.38. The third-order valence-electron chi connectivity index (χ3n) is 2.68. The Labute approximate surface area is 87.8 Å². The predicted octanol–water partition coefficient (Wildman–Crippen LogP) is 1.59. The number of nitrogens with zero attached hydrogens (tertiary/aromatic N) is 2. The van der Waals surface area contributed by atoms with E-state index < -0.39 is 7.14 Å². The molecule has 0 aromatic rings. The molecule has 0 radical (unpaired) electrons. The molecule has 1 fully saturated rings. The van der Waals surface area contributed by atoms with Crippen LogP contribution in [-0.2, 0) is 4.57 Å². The Bertz CT molecular complexity index is 216. The summed E-state index contributed by atoms with van der Waals surface area (Å²) >= 11 is 0. The maximum absolute atomic E-state index is 11.6. The van der Waals surface area contributed by atoms with E-state index in [1.807, 2.05) is 13.3 Å². The molecule has 0 saturated carbocycles. The van der Waals surface area contributed by atoms with Crippen molar-refractivity contribution in [2.24, 2.45) is 0 Å². The van der Waals surface area contributed by atoms with E-state index in [-0.39, 0.29) is 0 Å². The van der Waals surface area contributed by atoms with Gasteiger partial charge >= 0.3 is 0 Å². The molecule has 0 aromatic carbocycles. The Morgan fingerprint density at radius 2 is 1.64 bits per heavy atom. The summed E-state index contributed by atoms with van der Waals surface area (Å²) in [6, 6.07) is 0.646. The molecule has 1 rings (SSSR count). The van der Waals surface area contributed by atoms with Gasteiger partial charge in [0, 0.05) is 32.2 Å². The maximum Gasteiger partial charge on any atom is 0.0951 e. The lowest BCUT2D eigenvalue weighted by molar-refractivity contribution is 0.120. The minimum atomic E-state index is -1.87. The van der Waals surface area contributed by atoms with Crippen molar-refractivity contribution < 1.29 is 4.57 Å². The zero-order chi connectivity index (χ0) is 10.8. The Hall–Kier alpha value is 0.150. The number of rotatable bonds is 3. The quantitative estimate of drug-likeness (QED) is 0.672. The molecule has 0 aliphatic carbocycles. The van der Waals surface area contributed by atoms with Gasteiger partial charge < -0.3 is 4.57 Å². The highest BCUT2D eigenvalue weighted by Gasteiger charge is 2.21. The highest BCUT2D eigenvalue weighted by atomic mass is 31.2. The molecular weight excluding hydrogens is 195 g/mol. The molecule has 4 heteroatoms. The largest absolute Gasteiger partial charge is 0.323 e. The van der Waals surface area contributed by atoms with Crippen LogP contribution in [0.2, 0.25) is 0 Å².